The van der Waals surface area contributed by atoms with E-state index >= 15 is 0 Å². The molecule has 31 heavy (non-hydrogen) atoms. The molecule has 0 radical (unpaired) electrons. The van der Waals surface area contributed by atoms with Crippen LogP contribution in [0, 0.1) is 6.92 Å². The summed E-state index contributed by atoms with van der Waals surface area (Å²) in [5, 5.41) is 5.36. The lowest BCUT2D eigenvalue weighted by atomic mass is 10.0. The molecule has 1 heterocycles. The van der Waals surface area contributed by atoms with Crippen LogP contribution >= 0.6 is 0 Å². The summed E-state index contributed by atoms with van der Waals surface area (Å²) in [5.74, 6) is -0.571. The van der Waals surface area contributed by atoms with Crippen molar-refractivity contribution in [3.63, 3.8) is 0 Å². The van der Waals surface area contributed by atoms with Crippen molar-refractivity contribution < 1.29 is 14.3 Å². The van der Waals surface area contributed by atoms with Gasteiger partial charge in [0.05, 0.1) is 5.57 Å². The molecule has 0 bridgehead atoms. The van der Waals surface area contributed by atoms with Crippen LogP contribution in [0.2, 0.25) is 0 Å². The van der Waals surface area contributed by atoms with Crippen molar-refractivity contribution in [2.24, 2.45) is 0 Å². The number of imide groups is 1. The number of fused-ring (bicyclic) bond motifs is 1. The standard InChI is InChI=1S/C26H26N2O3/c1-3-31-17-7-16-28-25(29)23(20-14-12-18(2)13-15-20)24(26(28)30)27-22-11-6-9-19-8-4-5-10-21(19)22/h4-6,8-15,27H,3,7,16-17H2,1-2H3. The van der Waals surface area contributed by atoms with Gasteiger partial charge in [0.1, 0.15) is 5.70 Å². The normalized spacial score (nSPS) is 14.1. The number of hydrogen-bond acceptors (Lipinski definition) is 4. The number of nitrogens with one attached hydrogen (secondary N) is 1. The van der Waals surface area contributed by atoms with Gasteiger partial charge in [-0.05, 0) is 37.3 Å². The largest absolute Gasteiger partial charge is 0.382 e. The smallest absolute Gasteiger partial charge is 0.278 e. The van der Waals surface area contributed by atoms with Crippen molar-refractivity contribution >= 4 is 33.8 Å². The zero-order valence-electron chi connectivity index (χ0n) is 17.9. The molecule has 5 nitrogen and oxygen atoms in total. The van der Waals surface area contributed by atoms with Crippen molar-refractivity contribution in [2.45, 2.75) is 20.3 Å². The Morgan fingerprint density at radius 2 is 1.65 bits per heavy atom. The second-order valence-electron chi connectivity index (χ2n) is 7.58. The van der Waals surface area contributed by atoms with E-state index in [1.807, 2.05) is 80.6 Å². The van der Waals surface area contributed by atoms with Crippen molar-refractivity contribution in [3.8, 4) is 0 Å². The second-order valence-corrected chi connectivity index (χ2v) is 7.58. The van der Waals surface area contributed by atoms with Crippen molar-refractivity contribution in [1.29, 1.82) is 0 Å². The molecule has 4 rings (SSSR count). The predicted octanol–water partition coefficient (Wildman–Crippen LogP) is 4.77. The van der Waals surface area contributed by atoms with E-state index in [4.69, 9.17) is 4.74 Å². The number of nitrogens with zero attached hydrogens (tertiary/aromatic N) is 1. The summed E-state index contributed by atoms with van der Waals surface area (Å²) < 4.78 is 5.38. The summed E-state index contributed by atoms with van der Waals surface area (Å²) in [6.45, 7) is 5.38. The summed E-state index contributed by atoms with van der Waals surface area (Å²) >= 11 is 0. The molecule has 0 fully saturated rings. The van der Waals surface area contributed by atoms with Gasteiger partial charge in [-0.2, -0.15) is 0 Å². The maximum Gasteiger partial charge on any atom is 0.278 e. The first kappa shape index (κ1) is 20.8. The molecule has 1 aliphatic heterocycles. The first-order valence-corrected chi connectivity index (χ1v) is 10.6. The lowest BCUT2D eigenvalue weighted by molar-refractivity contribution is -0.137. The number of carbonyl (C=O) groups is 2. The van der Waals surface area contributed by atoms with Crippen molar-refractivity contribution in [2.75, 3.05) is 25.1 Å². The van der Waals surface area contributed by atoms with E-state index in [1.54, 1.807) is 0 Å². The molecule has 3 aromatic rings. The Hall–Kier alpha value is -3.44. The van der Waals surface area contributed by atoms with Crippen LogP contribution in [0.4, 0.5) is 5.69 Å². The van der Waals surface area contributed by atoms with E-state index in [0.29, 0.717) is 37.4 Å². The third kappa shape index (κ3) is 4.23. The summed E-state index contributed by atoms with van der Waals surface area (Å²) in [7, 11) is 0. The highest BCUT2D eigenvalue weighted by molar-refractivity contribution is 6.36. The van der Waals surface area contributed by atoms with Gasteiger partial charge in [0, 0.05) is 30.8 Å². The maximum atomic E-state index is 13.3. The van der Waals surface area contributed by atoms with E-state index in [-0.39, 0.29) is 11.8 Å². The predicted molar refractivity (Wildman–Crippen MR) is 123 cm³/mol. The van der Waals surface area contributed by atoms with E-state index in [1.165, 1.54) is 4.90 Å². The Balaban J connectivity index is 1.73. The van der Waals surface area contributed by atoms with Crippen LogP contribution in [0.3, 0.4) is 0 Å². The average Bonchev–Trinajstić information content (AvgIpc) is 3.01. The average molecular weight is 415 g/mol. The Morgan fingerprint density at radius 1 is 0.903 bits per heavy atom. The minimum absolute atomic E-state index is 0.270. The Kier molecular flexibility index (Phi) is 6.14. The van der Waals surface area contributed by atoms with E-state index < -0.39 is 0 Å². The highest BCUT2D eigenvalue weighted by Crippen LogP contribution is 2.33. The molecule has 0 spiro atoms. The van der Waals surface area contributed by atoms with Gasteiger partial charge in [0.25, 0.3) is 11.8 Å². The SMILES string of the molecule is CCOCCCN1C(=O)C(Nc2cccc3ccccc23)=C(c2ccc(C)cc2)C1=O. The number of aryl methyl sites for hydroxylation is 1. The molecule has 0 saturated heterocycles. The van der Waals surface area contributed by atoms with Crippen LogP contribution in [-0.2, 0) is 14.3 Å². The topological polar surface area (TPSA) is 58.6 Å². The fourth-order valence-electron chi connectivity index (χ4n) is 3.82. The molecule has 5 heteroatoms. The van der Waals surface area contributed by atoms with Gasteiger partial charge in [-0.3, -0.25) is 14.5 Å². The number of rotatable bonds is 8. The maximum absolute atomic E-state index is 13.3. The lowest BCUT2D eigenvalue weighted by Crippen LogP contribution is -2.34. The van der Waals surface area contributed by atoms with Crippen LogP contribution in [-0.4, -0.2) is 36.5 Å². The molecule has 1 N–H and O–H groups in total. The number of carbonyl (C=O) groups excluding carboxylic acids is 2. The zero-order valence-corrected chi connectivity index (χ0v) is 17.9. The number of benzene rings is 3. The molecule has 158 valence electrons. The van der Waals surface area contributed by atoms with Gasteiger partial charge in [-0.25, -0.2) is 0 Å². The highest BCUT2D eigenvalue weighted by atomic mass is 16.5. The molecular formula is C26H26N2O3. The quantitative estimate of drug-likeness (QED) is 0.426. The molecule has 0 aromatic heterocycles. The summed E-state index contributed by atoms with van der Waals surface area (Å²) in [6, 6.07) is 21.6. The zero-order chi connectivity index (χ0) is 21.8. The van der Waals surface area contributed by atoms with E-state index in [2.05, 4.69) is 5.32 Å². The molecule has 0 atom stereocenters. The summed E-state index contributed by atoms with van der Waals surface area (Å²) in [4.78, 5) is 27.9. The van der Waals surface area contributed by atoms with E-state index in [0.717, 1.165) is 27.6 Å². The lowest BCUT2D eigenvalue weighted by Gasteiger charge is -2.15. The van der Waals surface area contributed by atoms with Crippen LogP contribution < -0.4 is 5.32 Å². The highest BCUT2D eigenvalue weighted by Gasteiger charge is 2.38. The molecule has 0 saturated carbocycles. The van der Waals surface area contributed by atoms with Gasteiger partial charge in [-0.15, -0.1) is 0 Å². The summed E-state index contributed by atoms with van der Waals surface area (Å²) in [6.07, 6.45) is 0.605. The van der Waals surface area contributed by atoms with Crippen molar-refractivity contribution in [1.82, 2.24) is 4.90 Å². The molecular weight excluding hydrogens is 388 g/mol. The molecule has 0 unspecified atom stereocenters. The van der Waals surface area contributed by atoms with Crippen LogP contribution in [0.25, 0.3) is 16.3 Å². The first-order chi connectivity index (χ1) is 15.1. The summed E-state index contributed by atoms with van der Waals surface area (Å²) in [5.41, 5.74) is 3.36. The number of hydrogen-bond donors (Lipinski definition) is 1. The monoisotopic (exact) mass is 414 g/mol. The molecule has 1 aliphatic rings. The fourth-order valence-corrected chi connectivity index (χ4v) is 3.82. The van der Waals surface area contributed by atoms with Crippen LogP contribution in [0.15, 0.2) is 72.4 Å². The molecule has 3 aromatic carbocycles. The molecule has 0 aliphatic carbocycles. The molecule has 2 amide bonds. The Labute approximate surface area is 182 Å². The third-order valence-electron chi connectivity index (χ3n) is 5.43. The van der Waals surface area contributed by atoms with Gasteiger partial charge < -0.3 is 10.1 Å². The van der Waals surface area contributed by atoms with Gasteiger partial charge in [0.15, 0.2) is 0 Å². The minimum atomic E-state index is -0.301. The Morgan fingerprint density at radius 3 is 2.42 bits per heavy atom. The fraction of sp³-hybridized carbons (Fsp3) is 0.231. The van der Waals surface area contributed by atoms with Gasteiger partial charge in [0.2, 0.25) is 0 Å². The number of amides is 2. The first-order valence-electron chi connectivity index (χ1n) is 10.6. The van der Waals surface area contributed by atoms with Crippen LogP contribution in [0.1, 0.15) is 24.5 Å². The number of ether oxygens (including phenoxy) is 1. The van der Waals surface area contributed by atoms with Crippen LogP contribution in [0.5, 0.6) is 0 Å². The number of anilines is 1. The second kappa shape index (κ2) is 9.14. The van der Waals surface area contributed by atoms with Gasteiger partial charge in [-0.1, -0.05) is 66.2 Å². The minimum Gasteiger partial charge on any atom is -0.382 e. The van der Waals surface area contributed by atoms with E-state index in [9.17, 15) is 9.59 Å². The van der Waals surface area contributed by atoms with Crippen molar-refractivity contribution in [3.05, 3.63) is 83.6 Å². The third-order valence-corrected chi connectivity index (χ3v) is 5.43. The Bertz CT molecular complexity index is 1140. The van der Waals surface area contributed by atoms with Gasteiger partial charge >= 0.3 is 0 Å².